The van der Waals surface area contributed by atoms with Gasteiger partial charge < -0.3 is 8.95 Å². The molecule has 4 aliphatic heterocycles. The maximum Gasteiger partial charge on any atom is 0.504 e. The number of nitrogens with zero attached hydrogens (tertiary/aromatic N) is 1. The van der Waals surface area contributed by atoms with Crippen LogP contribution >= 0.6 is 0 Å². The number of hydrogen-bond acceptors (Lipinski definition) is 3. The molecule has 3 nitrogen and oxygen atoms in total. The van der Waals surface area contributed by atoms with Crippen molar-refractivity contribution in [1.82, 2.24) is 0 Å². The van der Waals surface area contributed by atoms with E-state index in [0.717, 1.165) is 11.5 Å². The lowest BCUT2D eigenvalue weighted by molar-refractivity contribution is 0.0985. The summed E-state index contributed by atoms with van der Waals surface area (Å²) < 4.78 is 15.0. The number of allylic oxidation sites excluding steroid dienone is 4. The largest absolute Gasteiger partial charge is 0.504 e. The summed E-state index contributed by atoms with van der Waals surface area (Å²) in [6.07, 6.45) is 0. The molecule has 0 N–H and O–H groups in total. The lowest BCUT2D eigenvalue weighted by atomic mass is 9.68. The van der Waals surface area contributed by atoms with E-state index in [2.05, 4.69) is 158 Å². The van der Waals surface area contributed by atoms with Gasteiger partial charge in [-0.25, -0.2) is 0 Å². The topological polar surface area (TPSA) is 30.8 Å². The predicted molar refractivity (Wildman–Crippen MR) is 197 cm³/mol. The molecular formula is C40H65NO2Si2. The first-order valence-corrected chi connectivity index (χ1v) is 21.2. The van der Waals surface area contributed by atoms with Gasteiger partial charge in [-0.05, 0) is 64.4 Å². The third-order valence-electron chi connectivity index (χ3n) is 11.8. The van der Waals surface area contributed by atoms with Crippen LogP contribution < -0.4 is 0 Å². The normalized spacial score (nSPS) is 31.9. The Balaban J connectivity index is 2.05. The zero-order valence-corrected chi connectivity index (χ0v) is 34.9. The molecule has 0 saturated carbocycles. The second-order valence-corrected chi connectivity index (χ2v) is 29.3. The maximum atomic E-state index is 7.90. The highest BCUT2D eigenvalue weighted by Gasteiger charge is 3.11. The van der Waals surface area contributed by atoms with E-state index in [1.165, 1.54) is 16.7 Å². The minimum Gasteiger partial charge on any atom is -0.493 e. The number of rotatable bonds is 1. The molecule has 0 bridgehead atoms. The summed E-state index contributed by atoms with van der Waals surface area (Å²) in [5.41, 5.74) is 7.90. The second kappa shape index (κ2) is 8.89. The Morgan fingerprint density at radius 1 is 0.556 bits per heavy atom. The molecule has 1 aromatic rings. The number of fused-ring (bicyclic) bond motifs is 2. The molecule has 2 unspecified atom stereocenters. The van der Waals surface area contributed by atoms with Crippen molar-refractivity contribution < 1.29 is 8.95 Å². The van der Waals surface area contributed by atoms with Gasteiger partial charge in [-0.2, -0.15) is 0 Å². The molecule has 5 rings (SSSR count). The zero-order valence-electron chi connectivity index (χ0n) is 32.9. The molecule has 1 aromatic carbocycles. The molecule has 0 amide bonds. The zero-order chi connectivity index (χ0) is 34.7. The van der Waals surface area contributed by atoms with Crippen LogP contribution in [0.5, 0.6) is 0 Å². The molecule has 4 heterocycles. The van der Waals surface area contributed by atoms with E-state index in [1.807, 2.05) is 0 Å². The number of benzene rings is 1. The molecule has 2 atom stereocenters. The Morgan fingerprint density at radius 2 is 0.911 bits per heavy atom. The van der Waals surface area contributed by atoms with E-state index in [9.17, 15) is 0 Å². The quantitative estimate of drug-likeness (QED) is 0.284. The van der Waals surface area contributed by atoms with Gasteiger partial charge >= 0.3 is 8.56 Å². The first-order valence-electron chi connectivity index (χ1n) is 17.4. The Bertz CT molecular complexity index is 1480. The summed E-state index contributed by atoms with van der Waals surface area (Å²) in [5, 5.41) is 8.69. The van der Waals surface area contributed by atoms with Crippen LogP contribution in [0.2, 0.25) is 9.32 Å². The van der Waals surface area contributed by atoms with E-state index < -0.39 is 16.6 Å². The van der Waals surface area contributed by atoms with Crippen LogP contribution in [0.4, 0.5) is 0 Å². The Hall–Kier alpha value is -1.60. The average molecular weight is 648 g/mol. The Labute approximate surface area is 279 Å². The molecule has 0 aliphatic carbocycles. The minimum absolute atomic E-state index is 0.0302. The molecule has 2 spiro atoms. The third-order valence-corrected chi connectivity index (χ3v) is 28.5. The fourth-order valence-electron chi connectivity index (χ4n) is 12.0. The summed E-state index contributed by atoms with van der Waals surface area (Å²) in [5.74, 6) is 0.724. The molecule has 4 aliphatic rings. The molecular weight excluding hydrogens is 583 g/mol. The van der Waals surface area contributed by atoms with Gasteiger partial charge in [0.25, 0.3) is 0 Å². The van der Waals surface area contributed by atoms with Gasteiger partial charge in [0.05, 0.1) is 9.32 Å². The van der Waals surface area contributed by atoms with Crippen LogP contribution in [0, 0.1) is 53.3 Å². The highest BCUT2D eigenvalue weighted by molar-refractivity contribution is 7.29. The number of oxime groups is 1. The monoisotopic (exact) mass is 647 g/mol. The van der Waals surface area contributed by atoms with Crippen LogP contribution in [0.15, 0.2) is 38.8 Å². The van der Waals surface area contributed by atoms with Gasteiger partial charge in [-0.15, -0.1) is 0 Å². The fourth-order valence-corrected chi connectivity index (χ4v) is 35.1. The van der Waals surface area contributed by atoms with Crippen molar-refractivity contribution in [3.63, 3.8) is 0 Å². The van der Waals surface area contributed by atoms with Crippen LogP contribution in [0.3, 0.4) is 0 Å². The summed E-state index contributed by atoms with van der Waals surface area (Å²) in [6, 6.07) is 4.53. The summed E-state index contributed by atoms with van der Waals surface area (Å²) in [4.78, 5) is 0. The standard InChI is InChI=1S/C40H65NO2Si2/c1-24-22-25(2)27(26(3)23-24)32-41-43-45(42-32)39(37(16,17)18)28(33(4,5)6)30(35(10,11)12)44(39)31(36(13,14)15)29(34(7,8)9)40(44,45)38(19,20)21/h22-23H,1-21H3. The first kappa shape index (κ1) is 34.7. The summed E-state index contributed by atoms with van der Waals surface area (Å²) in [7, 11) is -5.82. The van der Waals surface area contributed by atoms with Gasteiger partial charge in [-0.1, -0.05) is 169 Å². The molecule has 5 heteroatoms. The van der Waals surface area contributed by atoms with Crippen molar-refractivity contribution in [3.05, 3.63) is 55.9 Å². The van der Waals surface area contributed by atoms with Crippen molar-refractivity contribution in [2.75, 3.05) is 0 Å². The van der Waals surface area contributed by atoms with E-state index in [-0.39, 0.29) is 41.8 Å². The third kappa shape index (κ3) is 3.56. The second-order valence-electron chi connectivity index (χ2n) is 21.2. The van der Waals surface area contributed by atoms with Crippen LogP contribution in [-0.2, 0) is 8.95 Å². The van der Waals surface area contributed by atoms with Gasteiger partial charge in [-0.3, -0.25) is 0 Å². The SMILES string of the molecule is Cc1cc(C)c(C2=NO[Si]3(O2)C2(C(C)(C)C)C(C(C)(C)C)=C(C(C)(C)C)[Si]24C(C(C)(C)C)=C(C(C)(C)C)C34C(C)(C)C)c(C)c1. The fraction of sp³-hybridized carbons (Fsp3) is 0.725. The van der Waals surface area contributed by atoms with E-state index in [4.69, 9.17) is 14.1 Å². The van der Waals surface area contributed by atoms with Gasteiger partial charge in [0, 0.05) is 5.56 Å². The summed E-state index contributed by atoms with van der Waals surface area (Å²) >= 11 is 0. The molecule has 45 heavy (non-hydrogen) atoms. The Kier molecular flexibility index (Phi) is 6.86. The summed E-state index contributed by atoms with van der Waals surface area (Å²) in [6.45, 7) is 51.3. The minimum atomic E-state index is -3.27. The predicted octanol–water partition coefficient (Wildman–Crippen LogP) is 11.8. The van der Waals surface area contributed by atoms with Gasteiger partial charge in [0.1, 0.15) is 8.07 Å². The van der Waals surface area contributed by atoms with Gasteiger partial charge in [0.15, 0.2) is 0 Å². The van der Waals surface area contributed by atoms with E-state index >= 15 is 0 Å². The van der Waals surface area contributed by atoms with E-state index in [1.54, 1.807) is 21.5 Å². The highest BCUT2D eigenvalue weighted by atomic mass is 28.5. The highest BCUT2D eigenvalue weighted by Crippen LogP contribution is 3.03. The molecule has 0 radical (unpaired) electrons. The molecule has 1 saturated heterocycles. The first-order chi connectivity index (χ1) is 19.9. The average Bonchev–Trinajstić information content (AvgIpc) is 3.11. The number of hydrogen-bond donors (Lipinski definition) is 0. The van der Waals surface area contributed by atoms with Crippen molar-refractivity contribution in [2.45, 2.75) is 155 Å². The Morgan fingerprint density at radius 3 is 1.20 bits per heavy atom. The van der Waals surface area contributed by atoms with Crippen molar-refractivity contribution in [1.29, 1.82) is 0 Å². The molecule has 250 valence electrons. The van der Waals surface area contributed by atoms with Crippen LogP contribution in [0.25, 0.3) is 0 Å². The lowest BCUT2D eigenvalue weighted by Crippen LogP contribution is -3.03. The lowest BCUT2D eigenvalue weighted by Gasteiger charge is -2.94. The van der Waals surface area contributed by atoms with Crippen LogP contribution in [-0.4, -0.2) is 22.5 Å². The van der Waals surface area contributed by atoms with Crippen molar-refractivity contribution >= 4 is 22.5 Å². The van der Waals surface area contributed by atoms with Crippen LogP contribution in [0.1, 0.15) is 147 Å². The van der Waals surface area contributed by atoms with E-state index in [0.29, 0.717) is 0 Å². The molecule has 0 aromatic heterocycles. The maximum absolute atomic E-state index is 7.90. The number of aryl methyl sites for hydroxylation is 3. The van der Waals surface area contributed by atoms with Crippen molar-refractivity contribution in [3.8, 4) is 0 Å². The molecule has 1 fully saturated rings. The van der Waals surface area contributed by atoms with Crippen molar-refractivity contribution in [2.24, 2.45) is 37.6 Å². The smallest absolute Gasteiger partial charge is 0.493 e. The van der Waals surface area contributed by atoms with Gasteiger partial charge in [0.2, 0.25) is 5.90 Å².